The minimum atomic E-state index is -4.45. The van der Waals surface area contributed by atoms with Gasteiger partial charge in [-0.15, -0.1) is 0 Å². The van der Waals surface area contributed by atoms with E-state index in [9.17, 15) is 22.0 Å². The number of rotatable bonds is 3. The highest BCUT2D eigenvalue weighted by atomic mass is 19.4. The smallest absolute Gasteiger partial charge is 0.416 e. The molecule has 1 aromatic carbocycles. The van der Waals surface area contributed by atoms with E-state index in [1.54, 1.807) is 0 Å². The molecule has 2 aromatic rings. The van der Waals surface area contributed by atoms with E-state index in [0.29, 0.717) is 0 Å². The molecule has 1 heterocycles. The van der Waals surface area contributed by atoms with Crippen molar-refractivity contribution < 1.29 is 26.7 Å². The molecule has 19 heavy (non-hydrogen) atoms. The third-order valence-corrected chi connectivity index (χ3v) is 2.32. The van der Waals surface area contributed by atoms with Gasteiger partial charge in [0.05, 0.1) is 11.8 Å². The van der Waals surface area contributed by atoms with E-state index in [2.05, 4.69) is 14.9 Å². The van der Waals surface area contributed by atoms with E-state index in [1.807, 2.05) is 0 Å². The number of alkyl halides is 5. The zero-order valence-electron chi connectivity index (χ0n) is 9.21. The zero-order valence-corrected chi connectivity index (χ0v) is 9.21. The van der Waals surface area contributed by atoms with Crippen LogP contribution in [-0.4, -0.2) is 16.8 Å². The van der Waals surface area contributed by atoms with Crippen LogP contribution in [0.25, 0.3) is 11.3 Å². The molecule has 0 fully saturated rings. The maximum Gasteiger partial charge on any atom is 0.416 e. The maximum atomic E-state index is 12.4. The molecule has 102 valence electrons. The zero-order chi connectivity index (χ0) is 14.0. The van der Waals surface area contributed by atoms with Crippen molar-refractivity contribution in [3.05, 3.63) is 36.0 Å². The SMILES string of the molecule is FC(F)Oc1cn[nH]c1-c1ccc(C(F)(F)F)cc1. The number of aromatic amines is 1. The van der Waals surface area contributed by atoms with Crippen LogP contribution >= 0.6 is 0 Å². The monoisotopic (exact) mass is 278 g/mol. The van der Waals surface area contributed by atoms with Crippen LogP contribution in [-0.2, 0) is 6.18 Å². The Morgan fingerprint density at radius 3 is 2.26 bits per heavy atom. The first-order valence-electron chi connectivity index (χ1n) is 5.04. The van der Waals surface area contributed by atoms with Crippen molar-refractivity contribution in [3.8, 4) is 17.0 Å². The van der Waals surface area contributed by atoms with Crippen LogP contribution in [0.3, 0.4) is 0 Å². The Labute approximate surface area is 104 Å². The molecule has 0 spiro atoms. The topological polar surface area (TPSA) is 37.9 Å². The molecule has 0 saturated carbocycles. The molecule has 2 rings (SSSR count). The van der Waals surface area contributed by atoms with Crippen molar-refractivity contribution in [1.82, 2.24) is 10.2 Å². The Kier molecular flexibility index (Phi) is 3.41. The molecule has 0 aliphatic carbocycles. The summed E-state index contributed by atoms with van der Waals surface area (Å²) < 4.78 is 65.5. The molecular weight excluding hydrogens is 271 g/mol. The molecule has 0 aliphatic heterocycles. The average Bonchev–Trinajstić information content (AvgIpc) is 2.75. The van der Waals surface area contributed by atoms with Crippen molar-refractivity contribution in [2.45, 2.75) is 12.8 Å². The summed E-state index contributed by atoms with van der Waals surface area (Å²) in [6, 6.07) is 3.99. The van der Waals surface area contributed by atoms with Gasteiger partial charge in [0.2, 0.25) is 0 Å². The summed E-state index contributed by atoms with van der Waals surface area (Å²) >= 11 is 0. The lowest BCUT2D eigenvalue weighted by molar-refractivity contribution is -0.137. The summed E-state index contributed by atoms with van der Waals surface area (Å²) in [5, 5.41) is 5.91. The van der Waals surface area contributed by atoms with Crippen LogP contribution in [0.4, 0.5) is 22.0 Å². The molecule has 0 atom stereocenters. The highest BCUT2D eigenvalue weighted by Gasteiger charge is 2.30. The van der Waals surface area contributed by atoms with Gasteiger partial charge in [0.25, 0.3) is 0 Å². The summed E-state index contributed by atoms with van der Waals surface area (Å²) in [4.78, 5) is 0. The molecule has 1 aromatic heterocycles. The van der Waals surface area contributed by atoms with Gasteiger partial charge in [-0.3, -0.25) is 5.10 Å². The second-order valence-electron chi connectivity index (χ2n) is 3.56. The third-order valence-electron chi connectivity index (χ3n) is 2.32. The van der Waals surface area contributed by atoms with Gasteiger partial charge in [0.1, 0.15) is 5.69 Å². The number of ether oxygens (including phenoxy) is 1. The molecule has 1 N–H and O–H groups in total. The molecule has 8 heteroatoms. The van der Waals surface area contributed by atoms with Crippen LogP contribution in [0.1, 0.15) is 5.56 Å². The van der Waals surface area contributed by atoms with E-state index in [-0.39, 0.29) is 17.0 Å². The first-order valence-corrected chi connectivity index (χ1v) is 5.04. The molecular formula is C11H7F5N2O. The predicted molar refractivity (Wildman–Crippen MR) is 55.7 cm³/mol. The molecule has 0 radical (unpaired) electrons. The number of hydrogen-bond donors (Lipinski definition) is 1. The summed E-state index contributed by atoms with van der Waals surface area (Å²) in [5.41, 5.74) is -0.470. The van der Waals surface area contributed by atoms with Crippen molar-refractivity contribution in [2.75, 3.05) is 0 Å². The lowest BCUT2D eigenvalue weighted by atomic mass is 10.1. The first-order chi connectivity index (χ1) is 8.88. The number of aromatic nitrogens is 2. The van der Waals surface area contributed by atoms with Crippen molar-refractivity contribution in [1.29, 1.82) is 0 Å². The molecule has 0 amide bonds. The van der Waals surface area contributed by atoms with E-state index in [4.69, 9.17) is 0 Å². The number of nitrogens with zero attached hydrogens (tertiary/aromatic N) is 1. The Bertz CT molecular complexity index is 547. The fraction of sp³-hybridized carbons (Fsp3) is 0.182. The Morgan fingerprint density at radius 2 is 1.74 bits per heavy atom. The second-order valence-corrected chi connectivity index (χ2v) is 3.56. The van der Waals surface area contributed by atoms with Crippen LogP contribution in [0.15, 0.2) is 30.5 Å². The van der Waals surface area contributed by atoms with E-state index < -0.39 is 18.4 Å². The van der Waals surface area contributed by atoms with Gasteiger partial charge >= 0.3 is 12.8 Å². The fourth-order valence-electron chi connectivity index (χ4n) is 1.49. The summed E-state index contributed by atoms with van der Waals surface area (Å²) in [7, 11) is 0. The number of halogens is 5. The van der Waals surface area contributed by atoms with Crippen LogP contribution in [0.5, 0.6) is 5.75 Å². The third kappa shape index (κ3) is 3.01. The molecule has 0 aliphatic rings. The number of hydrogen-bond acceptors (Lipinski definition) is 2. The van der Waals surface area contributed by atoms with Crippen molar-refractivity contribution in [2.24, 2.45) is 0 Å². The van der Waals surface area contributed by atoms with E-state index >= 15 is 0 Å². The summed E-state index contributed by atoms with van der Waals surface area (Å²) in [5.74, 6) is -0.227. The van der Waals surface area contributed by atoms with Gasteiger partial charge < -0.3 is 4.74 Å². The van der Waals surface area contributed by atoms with Crippen LogP contribution < -0.4 is 4.74 Å². The Balaban J connectivity index is 2.30. The number of H-pyrrole nitrogens is 1. The number of benzene rings is 1. The average molecular weight is 278 g/mol. The summed E-state index contributed by atoms with van der Waals surface area (Å²) in [6.45, 7) is -3.04. The van der Waals surface area contributed by atoms with Gasteiger partial charge in [-0.1, -0.05) is 12.1 Å². The second kappa shape index (κ2) is 4.87. The van der Waals surface area contributed by atoms with Crippen LogP contribution in [0, 0.1) is 0 Å². The molecule has 0 saturated heterocycles. The van der Waals surface area contributed by atoms with E-state index in [0.717, 1.165) is 30.5 Å². The molecule has 0 unspecified atom stereocenters. The minimum absolute atomic E-state index is 0.0917. The van der Waals surface area contributed by atoms with Crippen molar-refractivity contribution >= 4 is 0 Å². The summed E-state index contributed by atoms with van der Waals surface area (Å²) in [6.07, 6.45) is -3.42. The quantitative estimate of drug-likeness (QED) is 0.869. The van der Waals surface area contributed by atoms with Gasteiger partial charge in [-0.25, -0.2) is 0 Å². The van der Waals surface area contributed by atoms with Gasteiger partial charge in [0, 0.05) is 5.56 Å². The Hall–Kier alpha value is -2.12. The normalized spacial score (nSPS) is 11.9. The van der Waals surface area contributed by atoms with Gasteiger partial charge in [-0.2, -0.15) is 27.1 Å². The Morgan fingerprint density at radius 1 is 1.11 bits per heavy atom. The predicted octanol–water partition coefficient (Wildman–Crippen LogP) is 3.70. The highest BCUT2D eigenvalue weighted by molar-refractivity contribution is 5.65. The minimum Gasteiger partial charge on any atom is -0.431 e. The fourth-order valence-corrected chi connectivity index (χ4v) is 1.49. The lowest BCUT2D eigenvalue weighted by Crippen LogP contribution is -2.04. The van der Waals surface area contributed by atoms with Crippen molar-refractivity contribution in [3.63, 3.8) is 0 Å². The number of nitrogens with one attached hydrogen (secondary N) is 1. The maximum absolute atomic E-state index is 12.4. The van der Waals surface area contributed by atoms with E-state index in [1.165, 1.54) is 0 Å². The standard InChI is InChI=1S/C11H7F5N2O/c12-10(13)19-8-5-17-18-9(8)6-1-3-7(4-2-6)11(14,15)16/h1-5,10H,(H,17,18). The first kappa shape index (κ1) is 13.3. The molecule has 3 nitrogen and oxygen atoms in total. The van der Waals surface area contributed by atoms with Gasteiger partial charge in [-0.05, 0) is 12.1 Å². The molecule has 0 bridgehead atoms. The lowest BCUT2D eigenvalue weighted by Gasteiger charge is -2.08. The van der Waals surface area contributed by atoms with Gasteiger partial charge in [0.15, 0.2) is 5.75 Å². The largest absolute Gasteiger partial charge is 0.431 e. The highest BCUT2D eigenvalue weighted by Crippen LogP contribution is 2.33. The van der Waals surface area contributed by atoms with Crippen LogP contribution in [0.2, 0.25) is 0 Å².